The van der Waals surface area contributed by atoms with Crippen LogP contribution in [0.4, 0.5) is 10.1 Å². The first kappa shape index (κ1) is 15.0. The van der Waals surface area contributed by atoms with Crippen LogP contribution in [0.2, 0.25) is 5.02 Å². The Hall–Kier alpha value is -1.39. The van der Waals surface area contributed by atoms with Crippen molar-refractivity contribution in [3.05, 3.63) is 62.3 Å². The van der Waals surface area contributed by atoms with E-state index < -0.39 is 5.82 Å². The Kier molecular flexibility index (Phi) is 4.45. The van der Waals surface area contributed by atoms with E-state index >= 15 is 0 Å². The van der Waals surface area contributed by atoms with Crippen molar-refractivity contribution in [3.63, 3.8) is 0 Å². The zero-order valence-electron chi connectivity index (χ0n) is 10.9. The Morgan fingerprint density at radius 2 is 1.95 bits per heavy atom. The first-order chi connectivity index (χ1) is 9.38. The molecule has 2 aromatic carbocycles. The number of benzene rings is 2. The fourth-order valence-corrected chi connectivity index (χ4v) is 2.72. The van der Waals surface area contributed by atoms with Crippen LogP contribution in [-0.4, -0.2) is 5.91 Å². The Bertz CT molecular complexity index is 665. The molecule has 0 heterocycles. The second-order valence-electron chi connectivity index (χ2n) is 4.52. The summed E-state index contributed by atoms with van der Waals surface area (Å²) in [6.45, 7) is 3.77. The van der Waals surface area contributed by atoms with Crippen LogP contribution in [0.1, 0.15) is 21.5 Å². The number of carbonyl (C=O) groups is 1. The van der Waals surface area contributed by atoms with E-state index in [0.717, 1.165) is 17.2 Å². The summed E-state index contributed by atoms with van der Waals surface area (Å²) in [4.78, 5) is 12.3. The maximum absolute atomic E-state index is 13.2. The molecular formula is C15H12BrClFNO. The summed E-state index contributed by atoms with van der Waals surface area (Å²) in [6.07, 6.45) is 0. The van der Waals surface area contributed by atoms with Gasteiger partial charge in [0.25, 0.3) is 5.91 Å². The lowest BCUT2D eigenvalue weighted by Crippen LogP contribution is -2.14. The molecule has 0 aromatic heterocycles. The summed E-state index contributed by atoms with van der Waals surface area (Å²) in [6, 6.07) is 8.03. The fraction of sp³-hybridized carbons (Fsp3) is 0.133. The topological polar surface area (TPSA) is 29.1 Å². The summed E-state index contributed by atoms with van der Waals surface area (Å²) >= 11 is 9.15. The summed E-state index contributed by atoms with van der Waals surface area (Å²) < 4.78 is 13.6. The number of anilines is 1. The quantitative estimate of drug-likeness (QED) is 0.796. The van der Waals surface area contributed by atoms with Gasteiger partial charge in [-0.2, -0.15) is 0 Å². The smallest absolute Gasteiger partial charge is 0.256 e. The minimum atomic E-state index is -0.466. The normalized spacial score (nSPS) is 10.4. The van der Waals surface area contributed by atoms with Gasteiger partial charge in [0.05, 0.1) is 10.7 Å². The number of hydrogen-bond donors (Lipinski definition) is 1. The van der Waals surface area contributed by atoms with Gasteiger partial charge >= 0.3 is 0 Å². The van der Waals surface area contributed by atoms with Crippen LogP contribution in [0, 0.1) is 19.7 Å². The molecule has 0 spiro atoms. The lowest BCUT2D eigenvalue weighted by molar-refractivity contribution is 0.102. The molecule has 0 saturated carbocycles. The van der Waals surface area contributed by atoms with Gasteiger partial charge in [-0.25, -0.2) is 4.39 Å². The highest BCUT2D eigenvalue weighted by Gasteiger charge is 2.14. The molecule has 2 nitrogen and oxygen atoms in total. The molecule has 0 saturated heterocycles. The second-order valence-corrected chi connectivity index (χ2v) is 5.78. The highest BCUT2D eigenvalue weighted by molar-refractivity contribution is 9.10. The average Bonchev–Trinajstić information content (AvgIpc) is 2.36. The van der Waals surface area contributed by atoms with Gasteiger partial charge in [-0.15, -0.1) is 0 Å². The van der Waals surface area contributed by atoms with Gasteiger partial charge in [-0.1, -0.05) is 29.3 Å². The number of hydrogen-bond acceptors (Lipinski definition) is 1. The lowest BCUT2D eigenvalue weighted by atomic mass is 10.1. The molecule has 0 unspecified atom stereocenters. The molecule has 104 valence electrons. The van der Waals surface area contributed by atoms with Crippen LogP contribution in [-0.2, 0) is 0 Å². The number of halogens is 3. The molecule has 0 bridgehead atoms. The predicted molar refractivity (Wildman–Crippen MR) is 83.0 cm³/mol. The first-order valence-corrected chi connectivity index (χ1v) is 7.08. The highest BCUT2D eigenvalue weighted by Crippen LogP contribution is 2.32. The minimum absolute atomic E-state index is 0.149. The molecule has 0 aliphatic carbocycles. The molecule has 2 aromatic rings. The van der Waals surface area contributed by atoms with Crippen molar-refractivity contribution in [3.8, 4) is 0 Å². The van der Waals surface area contributed by atoms with Gasteiger partial charge in [-0.3, -0.25) is 4.79 Å². The van der Waals surface area contributed by atoms with Gasteiger partial charge in [0.1, 0.15) is 5.82 Å². The monoisotopic (exact) mass is 355 g/mol. The van der Waals surface area contributed by atoms with E-state index in [2.05, 4.69) is 21.2 Å². The van der Waals surface area contributed by atoms with E-state index in [4.69, 9.17) is 11.6 Å². The van der Waals surface area contributed by atoms with Crippen molar-refractivity contribution in [1.82, 2.24) is 0 Å². The van der Waals surface area contributed by atoms with Gasteiger partial charge in [0.15, 0.2) is 0 Å². The van der Waals surface area contributed by atoms with Gasteiger partial charge < -0.3 is 5.32 Å². The van der Waals surface area contributed by atoms with Crippen molar-refractivity contribution in [2.45, 2.75) is 13.8 Å². The van der Waals surface area contributed by atoms with Crippen LogP contribution < -0.4 is 5.32 Å². The molecule has 0 aliphatic rings. The number of aryl methyl sites for hydroxylation is 2. The first-order valence-electron chi connectivity index (χ1n) is 5.91. The number of rotatable bonds is 2. The van der Waals surface area contributed by atoms with E-state index in [1.165, 1.54) is 6.07 Å². The number of amides is 1. The zero-order chi connectivity index (χ0) is 14.9. The Morgan fingerprint density at radius 3 is 2.60 bits per heavy atom. The molecule has 0 atom stereocenters. The van der Waals surface area contributed by atoms with Gasteiger partial charge in [0.2, 0.25) is 0 Å². The van der Waals surface area contributed by atoms with Gasteiger partial charge in [0, 0.05) is 10.0 Å². The molecule has 5 heteroatoms. The van der Waals surface area contributed by atoms with E-state index in [1.807, 2.05) is 26.0 Å². The summed E-state index contributed by atoms with van der Waals surface area (Å²) in [7, 11) is 0. The number of carbonyl (C=O) groups excluding carboxylic acids is 1. The summed E-state index contributed by atoms with van der Waals surface area (Å²) in [5.74, 6) is -0.744. The van der Waals surface area contributed by atoms with E-state index in [-0.39, 0.29) is 10.9 Å². The average molecular weight is 357 g/mol. The Morgan fingerprint density at radius 1 is 1.25 bits per heavy atom. The minimum Gasteiger partial charge on any atom is -0.320 e. The van der Waals surface area contributed by atoms with Crippen molar-refractivity contribution in [2.24, 2.45) is 0 Å². The maximum atomic E-state index is 13.2. The van der Waals surface area contributed by atoms with Crippen molar-refractivity contribution in [1.29, 1.82) is 0 Å². The highest BCUT2D eigenvalue weighted by atomic mass is 79.9. The molecule has 2 rings (SSSR count). The standard InChI is InChI=1S/C15H12BrClFNO/c1-8-3-4-9(2)11(5-8)15(20)19-14-12(16)6-10(18)7-13(14)17/h3-7H,1-2H3,(H,19,20). The van der Waals surface area contributed by atoms with E-state index in [0.29, 0.717) is 15.7 Å². The van der Waals surface area contributed by atoms with Crippen LogP contribution in [0.15, 0.2) is 34.8 Å². The lowest BCUT2D eigenvalue weighted by Gasteiger charge is -2.11. The Balaban J connectivity index is 2.35. The zero-order valence-corrected chi connectivity index (χ0v) is 13.3. The summed E-state index contributed by atoms with van der Waals surface area (Å²) in [5, 5.41) is 2.85. The molecule has 0 aliphatic heterocycles. The molecule has 1 amide bonds. The molecule has 1 N–H and O–H groups in total. The van der Waals surface area contributed by atoms with Crippen LogP contribution >= 0.6 is 27.5 Å². The third kappa shape index (κ3) is 3.19. The molecule has 0 radical (unpaired) electrons. The SMILES string of the molecule is Cc1ccc(C)c(C(=O)Nc2c(Cl)cc(F)cc2Br)c1. The van der Waals surface area contributed by atoms with Crippen LogP contribution in [0.5, 0.6) is 0 Å². The van der Waals surface area contributed by atoms with Crippen LogP contribution in [0.3, 0.4) is 0 Å². The number of nitrogens with one attached hydrogen (secondary N) is 1. The molecular weight excluding hydrogens is 345 g/mol. The summed E-state index contributed by atoms with van der Waals surface area (Å²) in [5.41, 5.74) is 2.78. The largest absolute Gasteiger partial charge is 0.320 e. The van der Waals surface area contributed by atoms with Crippen molar-refractivity contribution >= 4 is 39.1 Å². The molecule has 20 heavy (non-hydrogen) atoms. The maximum Gasteiger partial charge on any atom is 0.256 e. The van der Waals surface area contributed by atoms with Gasteiger partial charge in [-0.05, 0) is 53.5 Å². The van der Waals surface area contributed by atoms with E-state index in [9.17, 15) is 9.18 Å². The van der Waals surface area contributed by atoms with Crippen molar-refractivity contribution < 1.29 is 9.18 Å². The van der Waals surface area contributed by atoms with Crippen molar-refractivity contribution in [2.75, 3.05) is 5.32 Å². The van der Waals surface area contributed by atoms with E-state index in [1.54, 1.807) is 6.07 Å². The predicted octanol–water partition coefficient (Wildman–Crippen LogP) is 5.11. The fourth-order valence-electron chi connectivity index (χ4n) is 1.82. The molecule has 0 fully saturated rings. The Labute approximate surface area is 130 Å². The third-order valence-corrected chi connectivity index (χ3v) is 3.81. The third-order valence-electron chi connectivity index (χ3n) is 2.88. The van der Waals surface area contributed by atoms with Crippen LogP contribution in [0.25, 0.3) is 0 Å². The second kappa shape index (κ2) is 5.94.